The van der Waals surface area contributed by atoms with E-state index in [1.807, 2.05) is 24.4 Å². The SMILES string of the molecule is NC(=O)c1cc(Cc2ccccc2)c[nH]1. The van der Waals surface area contributed by atoms with Gasteiger partial charge in [-0.25, -0.2) is 0 Å². The molecule has 0 bridgehead atoms. The quantitative estimate of drug-likeness (QED) is 0.778. The van der Waals surface area contributed by atoms with Gasteiger partial charge >= 0.3 is 0 Å². The summed E-state index contributed by atoms with van der Waals surface area (Å²) in [6.07, 6.45) is 2.62. The average molecular weight is 200 g/mol. The van der Waals surface area contributed by atoms with Gasteiger partial charge in [0.2, 0.25) is 0 Å². The van der Waals surface area contributed by atoms with Crippen LogP contribution in [0.1, 0.15) is 21.6 Å². The molecule has 1 aromatic carbocycles. The van der Waals surface area contributed by atoms with Crippen LogP contribution < -0.4 is 5.73 Å². The molecule has 3 nitrogen and oxygen atoms in total. The molecule has 0 radical (unpaired) electrons. The van der Waals surface area contributed by atoms with Crippen molar-refractivity contribution in [3.63, 3.8) is 0 Å². The molecule has 15 heavy (non-hydrogen) atoms. The van der Waals surface area contributed by atoms with Crippen molar-refractivity contribution < 1.29 is 4.79 Å². The topological polar surface area (TPSA) is 58.9 Å². The molecule has 0 spiro atoms. The van der Waals surface area contributed by atoms with Crippen molar-refractivity contribution in [3.05, 3.63) is 59.4 Å². The van der Waals surface area contributed by atoms with Crippen LogP contribution in [0.25, 0.3) is 0 Å². The third-order valence-corrected chi connectivity index (χ3v) is 2.26. The number of hydrogen-bond acceptors (Lipinski definition) is 1. The predicted octanol–water partition coefficient (Wildman–Crippen LogP) is 1.70. The third-order valence-electron chi connectivity index (χ3n) is 2.26. The van der Waals surface area contributed by atoms with Gasteiger partial charge in [0.25, 0.3) is 5.91 Å². The molecule has 2 aromatic rings. The van der Waals surface area contributed by atoms with E-state index in [1.165, 1.54) is 5.56 Å². The minimum atomic E-state index is -0.422. The Morgan fingerprint density at radius 3 is 2.53 bits per heavy atom. The summed E-state index contributed by atoms with van der Waals surface area (Å²) in [7, 11) is 0. The molecule has 1 heterocycles. The Morgan fingerprint density at radius 1 is 1.20 bits per heavy atom. The van der Waals surface area contributed by atoms with Crippen LogP contribution in [0.15, 0.2) is 42.6 Å². The highest BCUT2D eigenvalue weighted by molar-refractivity contribution is 5.91. The molecule has 1 aromatic heterocycles. The average Bonchev–Trinajstić information content (AvgIpc) is 2.68. The maximum Gasteiger partial charge on any atom is 0.265 e. The number of aromatic amines is 1. The van der Waals surface area contributed by atoms with Crippen molar-refractivity contribution in [2.45, 2.75) is 6.42 Å². The van der Waals surface area contributed by atoms with Gasteiger partial charge in [0, 0.05) is 6.20 Å². The first kappa shape index (κ1) is 9.52. The van der Waals surface area contributed by atoms with Gasteiger partial charge in [0.05, 0.1) is 0 Å². The molecule has 0 fully saturated rings. The van der Waals surface area contributed by atoms with Crippen LogP contribution in [0.4, 0.5) is 0 Å². The molecule has 0 saturated heterocycles. The van der Waals surface area contributed by atoms with Crippen LogP contribution in [0.5, 0.6) is 0 Å². The lowest BCUT2D eigenvalue weighted by molar-refractivity contribution is 0.0996. The Morgan fingerprint density at radius 2 is 1.93 bits per heavy atom. The fraction of sp³-hybridized carbons (Fsp3) is 0.0833. The molecule has 1 amide bonds. The number of primary amides is 1. The van der Waals surface area contributed by atoms with Gasteiger partial charge in [-0.1, -0.05) is 30.3 Å². The summed E-state index contributed by atoms with van der Waals surface area (Å²) in [5, 5.41) is 0. The van der Waals surface area contributed by atoms with Crippen LogP contribution in [0, 0.1) is 0 Å². The van der Waals surface area contributed by atoms with Gasteiger partial charge < -0.3 is 10.7 Å². The van der Waals surface area contributed by atoms with E-state index in [1.54, 1.807) is 6.07 Å². The van der Waals surface area contributed by atoms with Gasteiger partial charge in [-0.15, -0.1) is 0 Å². The number of carbonyl (C=O) groups excluding carboxylic acids is 1. The zero-order chi connectivity index (χ0) is 10.7. The second kappa shape index (κ2) is 4.00. The van der Waals surface area contributed by atoms with E-state index >= 15 is 0 Å². The molecule has 2 rings (SSSR count). The lowest BCUT2D eigenvalue weighted by Crippen LogP contribution is -2.10. The zero-order valence-electron chi connectivity index (χ0n) is 8.23. The molecule has 3 heteroatoms. The number of benzene rings is 1. The van der Waals surface area contributed by atoms with Gasteiger partial charge in [-0.05, 0) is 23.6 Å². The summed E-state index contributed by atoms with van der Waals surface area (Å²) < 4.78 is 0. The van der Waals surface area contributed by atoms with Crippen molar-refractivity contribution in [3.8, 4) is 0 Å². The van der Waals surface area contributed by atoms with Crippen LogP contribution in [-0.2, 0) is 6.42 Å². The van der Waals surface area contributed by atoms with Gasteiger partial charge in [0.15, 0.2) is 0 Å². The molecule has 0 aliphatic carbocycles. The monoisotopic (exact) mass is 200 g/mol. The number of H-pyrrole nitrogens is 1. The highest BCUT2D eigenvalue weighted by Crippen LogP contribution is 2.10. The van der Waals surface area contributed by atoms with E-state index in [0.29, 0.717) is 5.69 Å². The van der Waals surface area contributed by atoms with Crippen molar-refractivity contribution in [1.82, 2.24) is 4.98 Å². The first-order valence-electron chi connectivity index (χ1n) is 4.77. The van der Waals surface area contributed by atoms with Crippen LogP contribution in [0.3, 0.4) is 0 Å². The van der Waals surface area contributed by atoms with Gasteiger partial charge in [-0.2, -0.15) is 0 Å². The van der Waals surface area contributed by atoms with Gasteiger partial charge in [-0.3, -0.25) is 4.79 Å². The number of aromatic nitrogens is 1. The summed E-state index contributed by atoms with van der Waals surface area (Å²) in [4.78, 5) is 13.7. The molecule has 76 valence electrons. The maximum atomic E-state index is 10.9. The van der Waals surface area contributed by atoms with E-state index < -0.39 is 5.91 Å². The number of carbonyl (C=O) groups is 1. The first-order valence-corrected chi connectivity index (χ1v) is 4.77. The second-order valence-electron chi connectivity index (χ2n) is 3.45. The largest absolute Gasteiger partial charge is 0.364 e. The summed E-state index contributed by atoms with van der Waals surface area (Å²) in [6.45, 7) is 0. The maximum absolute atomic E-state index is 10.9. The van der Waals surface area contributed by atoms with E-state index in [9.17, 15) is 4.79 Å². The van der Waals surface area contributed by atoms with Crippen molar-refractivity contribution in [1.29, 1.82) is 0 Å². The van der Waals surface area contributed by atoms with E-state index in [-0.39, 0.29) is 0 Å². The van der Waals surface area contributed by atoms with E-state index in [2.05, 4.69) is 17.1 Å². The number of nitrogens with two attached hydrogens (primary N) is 1. The molecule has 0 aliphatic heterocycles. The predicted molar refractivity (Wildman–Crippen MR) is 58.6 cm³/mol. The van der Waals surface area contributed by atoms with Crippen molar-refractivity contribution in [2.24, 2.45) is 5.73 Å². The van der Waals surface area contributed by atoms with E-state index in [4.69, 9.17) is 5.73 Å². The molecular formula is C12H12N2O. The Hall–Kier alpha value is -2.03. The fourth-order valence-electron chi connectivity index (χ4n) is 1.52. The van der Waals surface area contributed by atoms with Crippen molar-refractivity contribution >= 4 is 5.91 Å². The Bertz CT molecular complexity index is 459. The summed E-state index contributed by atoms with van der Waals surface area (Å²) in [6, 6.07) is 11.9. The molecule has 3 N–H and O–H groups in total. The Balaban J connectivity index is 2.15. The molecular weight excluding hydrogens is 188 g/mol. The number of nitrogens with one attached hydrogen (secondary N) is 1. The highest BCUT2D eigenvalue weighted by Gasteiger charge is 2.04. The summed E-state index contributed by atoms with van der Waals surface area (Å²) in [5.74, 6) is -0.422. The fourth-order valence-corrected chi connectivity index (χ4v) is 1.52. The number of hydrogen-bond donors (Lipinski definition) is 2. The Labute approximate surface area is 87.9 Å². The molecule has 0 saturated carbocycles. The van der Waals surface area contributed by atoms with Gasteiger partial charge in [0.1, 0.15) is 5.69 Å². The zero-order valence-corrected chi connectivity index (χ0v) is 8.23. The van der Waals surface area contributed by atoms with Crippen LogP contribution >= 0.6 is 0 Å². The lowest BCUT2D eigenvalue weighted by atomic mass is 10.1. The molecule has 0 aliphatic rings. The smallest absolute Gasteiger partial charge is 0.265 e. The van der Waals surface area contributed by atoms with Crippen LogP contribution in [-0.4, -0.2) is 10.9 Å². The minimum Gasteiger partial charge on any atom is -0.364 e. The normalized spacial score (nSPS) is 10.1. The standard InChI is InChI=1S/C12H12N2O/c13-12(15)11-7-10(8-14-11)6-9-4-2-1-3-5-9/h1-5,7-8,14H,6H2,(H2,13,15). The highest BCUT2D eigenvalue weighted by atomic mass is 16.1. The number of amides is 1. The first-order chi connectivity index (χ1) is 7.25. The Kier molecular flexibility index (Phi) is 2.54. The van der Waals surface area contributed by atoms with Crippen LogP contribution in [0.2, 0.25) is 0 Å². The molecule has 0 atom stereocenters. The van der Waals surface area contributed by atoms with E-state index in [0.717, 1.165) is 12.0 Å². The lowest BCUT2D eigenvalue weighted by Gasteiger charge is -1.96. The third kappa shape index (κ3) is 2.26. The number of rotatable bonds is 3. The second-order valence-corrected chi connectivity index (χ2v) is 3.45. The molecule has 0 unspecified atom stereocenters. The minimum absolute atomic E-state index is 0.422. The summed E-state index contributed by atoms with van der Waals surface area (Å²) >= 11 is 0. The van der Waals surface area contributed by atoms with Crippen molar-refractivity contribution in [2.75, 3.05) is 0 Å². The summed E-state index contributed by atoms with van der Waals surface area (Å²) in [5.41, 5.74) is 7.89.